The van der Waals surface area contributed by atoms with Crippen LogP contribution in [0.4, 0.5) is 11.4 Å². The Hall–Kier alpha value is -2.61. The van der Waals surface area contributed by atoms with Crippen LogP contribution in [-0.4, -0.2) is 20.5 Å². The van der Waals surface area contributed by atoms with Crippen molar-refractivity contribution in [1.82, 2.24) is 0 Å². The molecule has 0 spiro atoms. The van der Waals surface area contributed by atoms with Gasteiger partial charge in [0.1, 0.15) is 0 Å². The van der Waals surface area contributed by atoms with Crippen molar-refractivity contribution in [2.75, 3.05) is 11.8 Å². The van der Waals surface area contributed by atoms with E-state index in [-0.39, 0.29) is 10.6 Å². The van der Waals surface area contributed by atoms with Gasteiger partial charge in [0.25, 0.3) is 10.0 Å². The molecular weight excluding hydrogens is 320 g/mol. The Balaban J connectivity index is 2.46. The number of nitrogens with zero attached hydrogens (tertiary/aromatic N) is 1. The molecule has 0 radical (unpaired) electrons. The third kappa shape index (κ3) is 3.42. The van der Waals surface area contributed by atoms with E-state index >= 15 is 0 Å². The molecule has 0 aliphatic rings. The van der Waals surface area contributed by atoms with Gasteiger partial charge in [-0.2, -0.15) is 0 Å². The highest BCUT2D eigenvalue weighted by Gasteiger charge is 2.22. The van der Waals surface area contributed by atoms with Crippen LogP contribution in [0.2, 0.25) is 0 Å². The molecule has 7 nitrogen and oxygen atoms in total. The van der Waals surface area contributed by atoms with Crippen LogP contribution in [-0.2, 0) is 10.0 Å². The molecule has 0 aliphatic carbocycles. The number of aryl methyl sites for hydroxylation is 1. The number of nitrogens with one attached hydrogen (secondary N) is 1. The second-order valence-electron chi connectivity index (χ2n) is 4.94. The fraction of sp³-hybridized carbons (Fsp3) is 0.200. The number of methoxy groups -OCH3 is 1. The molecule has 2 rings (SSSR count). The van der Waals surface area contributed by atoms with Gasteiger partial charge in [0.15, 0.2) is 5.75 Å². The molecule has 23 heavy (non-hydrogen) atoms. The van der Waals surface area contributed by atoms with Gasteiger partial charge < -0.3 is 4.74 Å². The number of hydrogen-bond acceptors (Lipinski definition) is 5. The molecule has 0 unspecified atom stereocenters. The zero-order valence-corrected chi connectivity index (χ0v) is 13.7. The lowest BCUT2D eigenvalue weighted by molar-refractivity contribution is -0.386. The summed E-state index contributed by atoms with van der Waals surface area (Å²) in [5.74, 6) is 0.000635. The first-order chi connectivity index (χ1) is 10.8. The molecule has 2 aromatic carbocycles. The monoisotopic (exact) mass is 336 g/mol. The largest absolute Gasteiger partial charge is 0.490 e. The van der Waals surface area contributed by atoms with Crippen LogP contribution in [0.5, 0.6) is 5.75 Å². The molecule has 2 aromatic rings. The molecule has 0 heterocycles. The highest BCUT2D eigenvalue weighted by atomic mass is 32.2. The number of ether oxygens (including phenoxy) is 1. The Morgan fingerprint density at radius 2 is 1.87 bits per heavy atom. The van der Waals surface area contributed by atoms with Crippen molar-refractivity contribution >= 4 is 21.4 Å². The lowest BCUT2D eigenvalue weighted by Crippen LogP contribution is -2.14. The van der Waals surface area contributed by atoms with E-state index in [0.717, 1.165) is 17.2 Å². The molecule has 0 fully saturated rings. The second-order valence-corrected chi connectivity index (χ2v) is 6.63. The molecule has 0 saturated heterocycles. The number of hydrogen-bond donors (Lipinski definition) is 1. The van der Waals surface area contributed by atoms with E-state index in [4.69, 9.17) is 4.74 Å². The van der Waals surface area contributed by atoms with Crippen LogP contribution in [0.3, 0.4) is 0 Å². The lowest BCUT2D eigenvalue weighted by atomic mass is 10.1. The molecule has 0 bridgehead atoms. The van der Waals surface area contributed by atoms with Gasteiger partial charge >= 0.3 is 5.69 Å². The Morgan fingerprint density at radius 3 is 2.48 bits per heavy atom. The highest BCUT2D eigenvalue weighted by Crippen LogP contribution is 2.30. The Labute approximate surface area is 134 Å². The fourth-order valence-electron chi connectivity index (χ4n) is 2.04. The molecule has 0 amide bonds. The fourth-order valence-corrected chi connectivity index (χ4v) is 3.19. The maximum atomic E-state index is 12.5. The Morgan fingerprint density at radius 1 is 1.17 bits per heavy atom. The predicted molar refractivity (Wildman–Crippen MR) is 86.4 cm³/mol. The van der Waals surface area contributed by atoms with Gasteiger partial charge in [-0.05, 0) is 43.2 Å². The van der Waals surface area contributed by atoms with Gasteiger partial charge in [-0.25, -0.2) is 8.42 Å². The average Bonchev–Trinajstić information content (AvgIpc) is 2.51. The summed E-state index contributed by atoms with van der Waals surface area (Å²) < 4.78 is 32.3. The van der Waals surface area contributed by atoms with E-state index in [9.17, 15) is 18.5 Å². The van der Waals surface area contributed by atoms with Crippen molar-refractivity contribution < 1.29 is 18.1 Å². The van der Waals surface area contributed by atoms with E-state index in [2.05, 4.69) is 4.72 Å². The maximum absolute atomic E-state index is 12.5. The average molecular weight is 336 g/mol. The van der Waals surface area contributed by atoms with Crippen LogP contribution >= 0.6 is 0 Å². The number of benzene rings is 2. The van der Waals surface area contributed by atoms with Crippen molar-refractivity contribution in [1.29, 1.82) is 0 Å². The summed E-state index contributed by atoms with van der Waals surface area (Å²) in [7, 11) is -2.66. The van der Waals surface area contributed by atoms with Crippen molar-refractivity contribution in [3.05, 3.63) is 57.6 Å². The summed E-state index contributed by atoms with van der Waals surface area (Å²) in [6.07, 6.45) is 0. The number of anilines is 1. The highest BCUT2D eigenvalue weighted by molar-refractivity contribution is 7.92. The van der Waals surface area contributed by atoms with Crippen LogP contribution in [0, 0.1) is 24.0 Å². The number of nitro benzene ring substituents is 1. The summed E-state index contributed by atoms with van der Waals surface area (Å²) in [6.45, 7) is 3.66. The van der Waals surface area contributed by atoms with Crippen LogP contribution in [0.25, 0.3) is 0 Å². The number of rotatable bonds is 5. The smallest absolute Gasteiger partial charge is 0.312 e. The van der Waals surface area contributed by atoms with E-state index in [1.54, 1.807) is 19.1 Å². The van der Waals surface area contributed by atoms with Crippen molar-refractivity contribution in [2.45, 2.75) is 18.7 Å². The quantitative estimate of drug-likeness (QED) is 0.668. The second kappa shape index (κ2) is 6.25. The molecule has 8 heteroatoms. The van der Waals surface area contributed by atoms with Crippen LogP contribution in [0.1, 0.15) is 11.1 Å². The molecule has 0 aromatic heterocycles. The van der Waals surface area contributed by atoms with Crippen molar-refractivity contribution in [3.63, 3.8) is 0 Å². The molecule has 0 aliphatic heterocycles. The van der Waals surface area contributed by atoms with E-state index in [0.29, 0.717) is 5.69 Å². The first-order valence-corrected chi connectivity index (χ1v) is 8.16. The maximum Gasteiger partial charge on any atom is 0.312 e. The predicted octanol–water partition coefficient (Wildman–Crippen LogP) is 3.02. The normalized spacial score (nSPS) is 11.1. The van der Waals surface area contributed by atoms with Gasteiger partial charge in [-0.15, -0.1) is 0 Å². The SMILES string of the molecule is COc1ccc(S(=O)(=O)Nc2cccc(C)c2C)cc1[N+](=O)[O-]. The van der Waals surface area contributed by atoms with Gasteiger partial charge in [-0.3, -0.25) is 14.8 Å². The van der Waals surface area contributed by atoms with Gasteiger partial charge in [0, 0.05) is 6.07 Å². The van der Waals surface area contributed by atoms with E-state index < -0.39 is 20.6 Å². The molecular formula is C15H16N2O5S. The van der Waals surface area contributed by atoms with Crippen LogP contribution in [0.15, 0.2) is 41.3 Å². The molecule has 122 valence electrons. The van der Waals surface area contributed by atoms with Gasteiger partial charge in [0.05, 0.1) is 22.6 Å². The minimum Gasteiger partial charge on any atom is -0.490 e. The summed E-state index contributed by atoms with van der Waals surface area (Å²) in [6, 6.07) is 8.74. The third-order valence-electron chi connectivity index (χ3n) is 3.51. The first kappa shape index (κ1) is 16.8. The standard InChI is InChI=1S/C15H16N2O5S/c1-10-5-4-6-13(11(10)2)16-23(20,21)12-7-8-15(22-3)14(9-12)17(18)19/h4-9,16H,1-3H3. The Kier molecular flexibility index (Phi) is 4.55. The zero-order chi connectivity index (χ0) is 17.2. The number of nitro groups is 1. The van der Waals surface area contributed by atoms with Gasteiger partial charge in [-0.1, -0.05) is 12.1 Å². The topological polar surface area (TPSA) is 98.5 Å². The minimum absolute atomic E-state index is 0.000635. The van der Waals surface area contributed by atoms with Crippen molar-refractivity contribution in [3.8, 4) is 5.75 Å². The summed E-state index contributed by atoms with van der Waals surface area (Å²) in [5.41, 5.74) is 1.75. The lowest BCUT2D eigenvalue weighted by Gasteiger charge is -2.12. The van der Waals surface area contributed by atoms with Crippen molar-refractivity contribution in [2.24, 2.45) is 0 Å². The first-order valence-electron chi connectivity index (χ1n) is 6.67. The summed E-state index contributed by atoms with van der Waals surface area (Å²) in [4.78, 5) is 10.1. The summed E-state index contributed by atoms with van der Waals surface area (Å²) >= 11 is 0. The van der Waals surface area contributed by atoms with Crippen LogP contribution < -0.4 is 9.46 Å². The van der Waals surface area contributed by atoms with E-state index in [1.807, 2.05) is 13.0 Å². The summed E-state index contributed by atoms with van der Waals surface area (Å²) in [5, 5.41) is 11.0. The number of sulfonamides is 1. The van der Waals surface area contributed by atoms with E-state index in [1.165, 1.54) is 19.2 Å². The molecule has 0 atom stereocenters. The van der Waals surface area contributed by atoms with Gasteiger partial charge in [0.2, 0.25) is 0 Å². The molecule has 0 saturated carbocycles. The molecule has 1 N–H and O–H groups in total. The third-order valence-corrected chi connectivity index (χ3v) is 4.87. The minimum atomic E-state index is -3.94. The zero-order valence-electron chi connectivity index (χ0n) is 12.9. The Bertz CT molecular complexity index is 862.